The molecule has 0 fully saturated rings. The van der Waals surface area contributed by atoms with Gasteiger partial charge in [0.1, 0.15) is 12.1 Å². The summed E-state index contributed by atoms with van der Waals surface area (Å²) < 4.78 is 0. The van der Waals surface area contributed by atoms with Crippen molar-refractivity contribution in [2.24, 2.45) is 5.10 Å². The fourth-order valence-electron chi connectivity index (χ4n) is 2.00. The lowest BCUT2D eigenvalue weighted by molar-refractivity contribution is 0.475. The molecule has 3 rings (SSSR count). The van der Waals surface area contributed by atoms with Crippen molar-refractivity contribution >= 4 is 22.4 Å². The highest BCUT2D eigenvalue weighted by atomic mass is 16.3. The first-order chi connectivity index (χ1) is 10.2. The van der Waals surface area contributed by atoms with Crippen LogP contribution in [0.4, 0.5) is 5.82 Å². The maximum absolute atomic E-state index is 9.29. The Hall–Kier alpha value is -2.95. The minimum atomic E-state index is 0.237. The van der Waals surface area contributed by atoms with Crippen LogP contribution < -0.4 is 5.43 Å². The van der Waals surface area contributed by atoms with Gasteiger partial charge in [-0.25, -0.2) is 9.97 Å². The van der Waals surface area contributed by atoms with Crippen LogP contribution in [-0.2, 0) is 0 Å². The summed E-state index contributed by atoms with van der Waals surface area (Å²) in [5.74, 6) is 0.903. The Balaban J connectivity index is 1.88. The second-order valence-corrected chi connectivity index (χ2v) is 4.60. The van der Waals surface area contributed by atoms with Crippen LogP contribution in [0.2, 0.25) is 0 Å². The van der Waals surface area contributed by atoms with Gasteiger partial charge in [0.2, 0.25) is 0 Å². The number of fused-ring (bicyclic) bond motifs is 1. The molecule has 21 heavy (non-hydrogen) atoms. The molecule has 5 nitrogen and oxygen atoms in total. The highest BCUT2D eigenvalue weighted by Gasteiger charge is 2.02. The lowest BCUT2D eigenvalue weighted by atomic mass is 10.1. The normalized spacial score (nSPS) is 11.6. The molecule has 0 saturated carbocycles. The van der Waals surface area contributed by atoms with Crippen molar-refractivity contribution < 1.29 is 5.11 Å². The number of hydrazone groups is 1. The third-order valence-corrected chi connectivity index (χ3v) is 3.16. The number of aromatic hydroxyl groups is 1. The van der Waals surface area contributed by atoms with Crippen LogP contribution in [0.1, 0.15) is 12.5 Å². The Bertz CT molecular complexity index is 791. The molecular weight excluding hydrogens is 264 g/mol. The van der Waals surface area contributed by atoms with Crippen molar-refractivity contribution in [1.29, 1.82) is 0 Å². The number of anilines is 1. The lowest BCUT2D eigenvalue weighted by Gasteiger charge is -2.05. The Morgan fingerprint density at radius 1 is 1.05 bits per heavy atom. The first-order valence-electron chi connectivity index (χ1n) is 6.53. The van der Waals surface area contributed by atoms with E-state index in [4.69, 9.17) is 0 Å². The van der Waals surface area contributed by atoms with Crippen LogP contribution in [0.25, 0.3) is 10.9 Å². The molecule has 2 N–H and O–H groups in total. The first kappa shape index (κ1) is 13.1. The van der Waals surface area contributed by atoms with Gasteiger partial charge in [-0.15, -0.1) is 0 Å². The van der Waals surface area contributed by atoms with Crippen molar-refractivity contribution in [1.82, 2.24) is 9.97 Å². The van der Waals surface area contributed by atoms with Gasteiger partial charge >= 0.3 is 0 Å². The molecule has 0 aliphatic heterocycles. The second-order valence-electron chi connectivity index (χ2n) is 4.60. The summed E-state index contributed by atoms with van der Waals surface area (Å²) in [7, 11) is 0. The van der Waals surface area contributed by atoms with Gasteiger partial charge in [-0.05, 0) is 48.9 Å². The molecule has 0 saturated heterocycles. The van der Waals surface area contributed by atoms with Gasteiger partial charge < -0.3 is 5.11 Å². The first-order valence-corrected chi connectivity index (χ1v) is 6.53. The topological polar surface area (TPSA) is 70.4 Å². The molecule has 2 aromatic carbocycles. The van der Waals surface area contributed by atoms with Gasteiger partial charge in [0.25, 0.3) is 0 Å². The molecule has 0 aliphatic rings. The number of nitrogens with zero attached hydrogens (tertiary/aromatic N) is 3. The van der Waals surface area contributed by atoms with Crippen LogP contribution in [0.15, 0.2) is 60.0 Å². The molecule has 1 aromatic heterocycles. The number of benzene rings is 2. The summed E-state index contributed by atoms with van der Waals surface area (Å²) in [4.78, 5) is 8.43. The molecule has 1 heterocycles. The fourth-order valence-corrected chi connectivity index (χ4v) is 2.00. The third kappa shape index (κ3) is 2.81. The van der Waals surface area contributed by atoms with E-state index in [9.17, 15) is 5.11 Å². The van der Waals surface area contributed by atoms with Crippen LogP contribution in [0.5, 0.6) is 5.75 Å². The van der Waals surface area contributed by atoms with E-state index in [-0.39, 0.29) is 5.75 Å². The minimum Gasteiger partial charge on any atom is -0.508 e. The zero-order chi connectivity index (χ0) is 14.7. The van der Waals surface area contributed by atoms with Crippen molar-refractivity contribution in [2.75, 3.05) is 5.43 Å². The number of phenolic OH excluding ortho intramolecular Hbond substituents is 1. The number of rotatable bonds is 3. The highest BCUT2D eigenvalue weighted by molar-refractivity contribution is 5.99. The quantitative estimate of drug-likeness (QED) is 0.570. The summed E-state index contributed by atoms with van der Waals surface area (Å²) in [6.45, 7) is 1.89. The maximum atomic E-state index is 9.29. The van der Waals surface area contributed by atoms with Crippen molar-refractivity contribution in [3.05, 3.63) is 60.4 Å². The number of aromatic nitrogens is 2. The van der Waals surface area contributed by atoms with Crippen LogP contribution in [-0.4, -0.2) is 20.8 Å². The Morgan fingerprint density at radius 2 is 1.81 bits per heavy atom. The van der Waals surface area contributed by atoms with Crippen molar-refractivity contribution in [3.8, 4) is 5.75 Å². The molecule has 0 bridgehead atoms. The SMILES string of the molecule is C/C(=N\Nc1ncnc2ccccc12)c1ccc(O)cc1. The molecule has 0 amide bonds. The van der Waals surface area contributed by atoms with E-state index in [2.05, 4.69) is 20.5 Å². The zero-order valence-corrected chi connectivity index (χ0v) is 11.5. The van der Waals surface area contributed by atoms with Gasteiger partial charge in [0.15, 0.2) is 5.82 Å². The van der Waals surface area contributed by atoms with E-state index < -0.39 is 0 Å². The minimum absolute atomic E-state index is 0.237. The summed E-state index contributed by atoms with van der Waals surface area (Å²) >= 11 is 0. The number of phenols is 1. The van der Waals surface area contributed by atoms with Crippen LogP contribution in [0, 0.1) is 0 Å². The van der Waals surface area contributed by atoms with Gasteiger partial charge in [-0.3, -0.25) is 5.43 Å². The molecule has 0 atom stereocenters. The standard InChI is InChI=1S/C16H14N4O/c1-11(12-6-8-13(21)9-7-12)19-20-16-14-4-2-3-5-15(14)17-10-18-16/h2-10,21H,1H3,(H,17,18,20)/b19-11+. The Morgan fingerprint density at radius 3 is 2.62 bits per heavy atom. The average molecular weight is 278 g/mol. The average Bonchev–Trinajstić information content (AvgIpc) is 2.53. The highest BCUT2D eigenvalue weighted by Crippen LogP contribution is 2.18. The maximum Gasteiger partial charge on any atom is 0.157 e. The van der Waals surface area contributed by atoms with E-state index in [0.717, 1.165) is 22.2 Å². The molecule has 0 spiro atoms. The summed E-state index contributed by atoms with van der Waals surface area (Å²) in [5.41, 5.74) is 5.58. The second kappa shape index (κ2) is 5.58. The molecule has 0 unspecified atom stereocenters. The van der Waals surface area contributed by atoms with Gasteiger partial charge in [-0.1, -0.05) is 12.1 Å². The van der Waals surface area contributed by atoms with E-state index in [1.54, 1.807) is 12.1 Å². The smallest absolute Gasteiger partial charge is 0.157 e. The van der Waals surface area contributed by atoms with E-state index in [1.807, 2.05) is 43.3 Å². The number of hydrogen-bond donors (Lipinski definition) is 2. The summed E-state index contributed by atoms with van der Waals surface area (Å²) in [6.07, 6.45) is 1.51. The van der Waals surface area contributed by atoms with Crippen molar-refractivity contribution in [3.63, 3.8) is 0 Å². The fraction of sp³-hybridized carbons (Fsp3) is 0.0625. The number of nitrogens with one attached hydrogen (secondary N) is 1. The lowest BCUT2D eigenvalue weighted by Crippen LogP contribution is -2.01. The number of hydrogen-bond acceptors (Lipinski definition) is 5. The molecule has 0 radical (unpaired) electrons. The molecule has 104 valence electrons. The predicted molar refractivity (Wildman–Crippen MR) is 83.5 cm³/mol. The zero-order valence-electron chi connectivity index (χ0n) is 11.5. The predicted octanol–water partition coefficient (Wildman–Crippen LogP) is 3.17. The monoisotopic (exact) mass is 278 g/mol. The van der Waals surface area contributed by atoms with Crippen LogP contribution in [0.3, 0.4) is 0 Å². The van der Waals surface area contributed by atoms with Crippen molar-refractivity contribution in [2.45, 2.75) is 6.92 Å². The van der Waals surface area contributed by atoms with Gasteiger partial charge in [-0.2, -0.15) is 5.10 Å². The van der Waals surface area contributed by atoms with E-state index in [0.29, 0.717) is 5.82 Å². The van der Waals surface area contributed by atoms with Crippen LogP contribution >= 0.6 is 0 Å². The third-order valence-electron chi connectivity index (χ3n) is 3.16. The summed E-state index contributed by atoms with van der Waals surface area (Å²) in [6, 6.07) is 14.6. The van der Waals surface area contributed by atoms with Gasteiger partial charge in [0, 0.05) is 5.39 Å². The summed E-state index contributed by atoms with van der Waals surface area (Å²) in [5, 5.41) is 14.6. The van der Waals surface area contributed by atoms with Gasteiger partial charge in [0.05, 0.1) is 11.2 Å². The van der Waals surface area contributed by atoms with E-state index >= 15 is 0 Å². The van der Waals surface area contributed by atoms with E-state index in [1.165, 1.54) is 6.33 Å². The molecule has 0 aliphatic carbocycles. The molecular formula is C16H14N4O. The number of para-hydroxylation sites is 1. The largest absolute Gasteiger partial charge is 0.508 e. The molecule has 5 heteroatoms. The Kier molecular flexibility index (Phi) is 3.47. The Labute approximate surface area is 122 Å². The molecule has 3 aromatic rings.